The fourth-order valence-corrected chi connectivity index (χ4v) is 2.40. The van der Waals surface area contributed by atoms with Crippen molar-refractivity contribution in [2.45, 2.75) is 33.7 Å². The Balaban J connectivity index is 2.36. The third-order valence-corrected chi connectivity index (χ3v) is 3.21. The van der Waals surface area contributed by atoms with Crippen LogP contribution >= 0.6 is 0 Å². The highest BCUT2D eigenvalue weighted by Crippen LogP contribution is 2.25. The molecule has 1 amide bonds. The second kappa shape index (κ2) is 6.52. The van der Waals surface area contributed by atoms with E-state index in [4.69, 9.17) is 5.73 Å². The first kappa shape index (κ1) is 15.9. The molecule has 0 fully saturated rings. The highest BCUT2D eigenvalue weighted by atomic mass is 16.1. The lowest BCUT2D eigenvalue weighted by molar-refractivity contribution is 0.0944. The summed E-state index contributed by atoms with van der Waals surface area (Å²) in [6, 6.07) is 11.6. The Bertz CT molecular complexity index is 672. The van der Waals surface area contributed by atoms with Crippen molar-refractivity contribution in [2.24, 2.45) is 0 Å². The van der Waals surface area contributed by atoms with Crippen LogP contribution in [0.4, 0.5) is 17.1 Å². The molecule has 0 aliphatic heterocycles. The lowest BCUT2D eigenvalue weighted by atomic mass is 10.1. The Labute approximate surface area is 131 Å². The van der Waals surface area contributed by atoms with Gasteiger partial charge >= 0.3 is 0 Å². The number of carbonyl (C=O) groups is 1. The zero-order chi connectivity index (χ0) is 16.3. The quantitative estimate of drug-likeness (QED) is 0.753. The van der Waals surface area contributed by atoms with Gasteiger partial charge in [-0.15, -0.1) is 0 Å². The molecule has 0 aliphatic rings. The van der Waals surface area contributed by atoms with E-state index in [9.17, 15) is 4.79 Å². The maximum atomic E-state index is 12.3. The highest BCUT2D eigenvalue weighted by Gasteiger charge is 2.13. The Morgan fingerprint density at radius 2 is 1.68 bits per heavy atom. The van der Waals surface area contributed by atoms with Crippen LogP contribution in [0, 0.1) is 13.8 Å². The number of benzene rings is 2. The van der Waals surface area contributed by atoms with E-state index in [1.54, 1.807) is 12.1 Å². The number of amides is 1. The van der Waals surface area contributed by atoms with E-state index >= 15 is 0 Å². The average molecular weight is 297 g/mol. The number of aryl methyl sites for hydroxylation is 2. The van der Waals surface area contributed by atoms with Gasteiger partial charge in [-0.2, -0.15) is 0 Å². The van der Waals surface area contributed by atoms with Gasteiger partial charge in [0.05, 0.1) is 11.3 Å². The first-order valence-electron chi connectivity index (χ1n) is 7.41. The van der Waals surface area contributed by atoms with Crippen molar-refractivity contribution >= 4 is 23.0 Å². The molecule has 0 aromatic heterocycles. The van der Waals surface area contributed by atoms with Crippen LogP contribution in [0.15, 0.2) is 36.4 Å². The van der Waals surface area contributed by atoms with Gasteiger partial charge in [0.1, 0.15) is 0 Å². The van der Waals surface area contributed by atoms with Crippen molar-refractivity contribution < 1.29 is 4.79 Å². The predicted octanol–water partition coefficient (Wildman–Crippen LogP) is 3.77. The van der Waals surface area contributed by atoms with Crippen molar-refractivity contribution in [1.82, 2.24) is 5.32 Å². The van der Waals surface area contributed by atoms with Gasteiger partial charge in [-0.25, -0.2) is 0 Å². The first-order chi connectivity index (χ1) is 10.3. The summed E-state index contributed by atoms with van der Waals surface area (Å²) in [5.41, 5.74) is 11.0. The normalized spacial score (nSPS) is 10.6. The molecule has 0 aliphatic carbocycles. The number of carbonyl (C=O) groups excluding carboxylic acids is 1. The Morgan fingerprint density at radius 3 is 2.27 bits per heavy atom. The van der Waals surface area contributed by atoms with Crippen LogP contribution in [0.2, 0.25) is 0 Å². The molecule has 0 unspecified atom stereocenters. The summed E-state index contributed by atoms with van der Waals surface area (Å²) < 4.78 is 0. The molecule has 2 aromatic rings. The van der Waals surface area contributed by atoms with E-state index in [1.165, 1.54) is 11.1 Å². The highest BCUT2D eigenvalue weighted by molar-refractivity contribution is 6.01. The Kier molecular flexibility index (Phi) is 4.71. The molecule has 4 nitrogen and oxygen atoms in total. The average Bonchev–Trinajstić information content (AvgIpc) is 2.38. The van der Waals surface area contributed by atoms with E-state index < -0.39 is 0 Å². The molecule has 22 heavy (non-hydrogen) atoms. The van der Waals surface area contributed by atoms with Crippen molar-refractivity contribution in [1.29, 1.82) is 0 Å². The second-order valence-corrected chi connectivity index (χ2v) is 5.93. The minimum Gasteiger partial charge on any atom is -0.399 e. The fraction of sp³-hybridized carbons (Fsp3) is 0.278. The number of hydrogen-bond donors (Lipinski definition) is 3. The summed E-state index contributed by atoms with van der Waals surface area (Å²) in [6.45, 7) is 7.96. The van der Waals surface area contributed by atoms with Crippen LogP contribution in [0.3, 0.4) is 0 Å². The molecular weight excluding hydrogens is 274 g/mol. The molecule has 0 saturated carbocycles. The van der Waals surface area contributed by atoms with E-state index in [-0.39, 0.29) is 11.9 Å². The number of nitrogens with one attached hydrogen (secondary N) is 2. The van der Waals surface area contributed by atoms with Gasteiger partial charge in [-0.1, -0.05) is 6.07 Å². The summed E-state index contributed by atoms with van der Waals surface area (Å²) in [5.74, 6) is -0.130. The van der Waals surface area contributed by atoms with Crippen LogP contribution in [0.1, 0.15) is 35.3 Å². The maximum absolute atomic E-state index is 12.3. The third kappa shape index (κ3) is 4.01. The van der Waals surface area contributed by atoms with Crippen molar-refractivity contribution in [3.63, 3.8) is 0 Å². The minimum atomic E-state index is -0.130. The lowest BCUT2D eigenvalue weighted by Gasteiger charge is -2.15. The third-order valence-electron chi connectivity index (χ3n) is 3.21. The monoisotopic (exact) mass is 297 g/mol. The van der Waals surface area contributed by atoms with Crippen LogP contribution in [-0.4, -0.2) is 11.9 Å². The number of nitrogen functional groups attached to an aromatic ring is 1. The van der Waals surface area contributed by atoms with Crippen molar-refractivity contribution in [2.75, 3.05) is 11.1 Å². The molecule has 116 valence electrons. The second-order valence-electron chi connectivity index (χ2n) is 5.93. The van der Waals surface area contributed by atoms with Gasteiger partial charge < -0.3 is 16.4 Å². The van der Waals surface area contributed by atoms with Crippen LogP contribution < -0.4 is 16.4 Å². The zero-order valence-electron chi connectivity index (χ0n) is 13.5. The van der Waals surface area contributed by atoms with Gasteiger partial charge in [0.15, 0.2) is 0 Å². The Morgan fingerprint density at radius 1 is 1.05 bits per heavy atom. The van der Waals surface area contributed by atoms with Gasteiger partial charge in [0.25, 0.3) is 5.91 Å². The van der Waals surface area contributed by atoms with Crippen molar-refractivity contribution in [3.8, 4) is 0 Å². The Hall–Kier alpha value is -2.49. The summed E-state index contributed by atoms with van der Waals surface area (Å²) in [5, 5.41) is 6.22. The van der Waals surface area contributed by atoms with Crippen LogP contribution in [-0.2, 0) is 0 Å². The SMILES string of the molecule is Cc1cc(C)cc(Nc2ccc(N)cc2C(=O)NC(C)C)c1. The van der Waals surface area contributed by atoms with E-state index in [0.29, 0.717) is 11.3 Å². The molecule has 4 N–H and O–H groups in total. The summed E-state index contributed by atoms with van der Waals surface area (Å²) in [7, 11) is 0. The minimum absolute atomic E-state index is 0.0722. The fourth-order valence-electron chi connectivity index (χ4n) is 2.40. The first-order valence-corrected chi connectivity index (χ1v) is 7.41. The number of rotatable bonds is 4. The number of anilines is 3. The molecule has 0 heterocycles. The van der Waals surface area contributed by atoms with E-state index in [0.717, 1.165) is 11.4 Å². The molecular formula is C18H23N3O. The van der Waals surface area contributed by atoms with Gasteiger partial charge in [0, 0.05) is 17.4 Å². The molecule has 0 atom stereocenters. The molecule has 0 bridgehead atoms. The summed E-state index contributed by atoms with van der Waals surface area (Å²) in [4.78, 5) is 12.3. The van der Waals surface area contributed by atoms with Gasteiger partial charge in [-0.3, -0.25) is 4.79 Å². The standard InChI is InChI=1S/C18H23N3O/c1-11(2)20-18(22)16-10-14(19)5-6-17(16)21-15-8-12(3)7-13(4)9-15/h5-11,21H,19H2,1-4H3,(H,20,22). The van der Waals surface area contributed by atoms with E-state index in [1.807, 2.05) is 45.9 Å². The topological polar surface area (TPSA) is 67.1 Å². The van der Waals surface area contributed by atoms with Gasteiger partial charge in [0.2, 0.25) is 0 Å². The molecule has 0 spiro atoms. The maximum Gasteiger partial charge on any atom is 0.253 e. The molecule has 0 radical (unpaired) electrons. The molecule has 0 saturated heterocycles. The summed E-state index contributed by atoms with van der Waals surface area (Å²) in [6.07, 6.45) is 0. The largest absolute Gasteiger partial charge is 0.399 e. The lowest BCUT2D eigenvalue weighted by Crippen LogP contribution is -2.30. The zero-order valence-corrected chi connectivity index (χ0v) is 13.5. The molecule has 4 heteroatoms. The molecule has 2 rings (SSSR count). The summed E-state index contributed by atoms with van der Waals surface area (Å²) >= 11 is 0. The number of nitrogens with two attached hydrogens (primary N) is 1. The number of hydrogen-bond acceptors (Lipinski definition) is 3. The van der Waals surface area contributed by atoms with E-state index in [2.05, 4.69) is 16.7 Å². The predicted molar refractivity (Wildman–Crippen MR) is 92.7 cm³/mol. The smallest absolute Gasteiger partial charge is 0.253 e. The van der Waals surface area contributed by atoms with Crippen LogP contribution in [0.25, 0.3) is 0 Å². The van der Waals surface area contributed by atoms with Crippen LogP contribution in [0.5, 0.6) is 0 Å². The van der Waals surface area contributed by atoms with Gasteiger partial charge in [-0.05, 0) is 69.2 Å². The molecule has 2 aromatic carbocycles. The van der Waals surface area contributed by atoms with Crippen molar-refractivity contribution in [3.05, 3.63) is 53.1 Å².